The molecule has 148 valence electrons. The molecule has 0 unspecified atom stereocenters. The third kappa shape index (κ3) is 4.75. The molecule has 0 N–H and O–H groups in total. The molecule has 3 aromatic rings. The molecule has 0 aliphatic heterocycles. The fraction of sp³-hybridized carbons (Fsp3) is 0.0476. The highest BCUT2D eigenvalue weighted by molar-refractivity contribution is 6.33. The van der Waals surface area contributed by atoms with E-state index in [0.29, 0.717) is 0 Å². The summed E-state index contributed by atoms with van der Waals surface area (Å²) in [5.41, 5.74) is -1.71. The number of benzene rings is 3. The Bertz CT molecular complexity index is 1060. The highest BCUT2D eigenvalue weighted by atomic mass is 35.5. The first-order valence-electron chi connectivity index (χ1n) is 8.21. The van der Waals surface area contributed by atoms with Gasteiger partial charge in [-0.25, -0.2) is 9.59 Å². The summed E-state index contributed by atoms with van der Waals surface area (Å²) in [7, 11) is 0. The Hall–Kier alpha value is -3.32. The van der Waals surface area contributed by atoms with Crippen LogP contribution in [0.1, 0.15) is 26.3 Å². The summed E-state index contributed by atoms with van der Waals surface area (Å²) in [6.45, 7) is 0. The van der Waals surface area contributed by atoms with Crippen molar-refractivity contribution in [3.05, 3.63) is 94.5 Å². The van der Waals surface area contributed by atoms with Crippen LogP contribution >= 0.6 is 11.6 Å². The topological polar surface area (TPSA) is 52.6 Å². The number of halogens is 4. The number of esters is 2. The molecule has 3 aromatic carbocycles. The number of hydrogen-bond donors (Lipinski definition) is 0. The van der Waals surface area contributed by atoms with E-state index in [0.717, 1.165) is 12.1 Å². The van der Waals surface area contributed by atoms with Crippen LogP contribution in [0.2, 0.25) is 5.02 Å². The van der Waals surface area contributed by atoms with Gasteiger partial charge in [0.15, 0.2) is 11.5 Å². The summed E-state index contributed by atoms with van der Waals surface area (Å²) in [4.78, 5) is 24.7. The smallest absolute Gasteiger partial charge is 0.417 e. The maximum Gasteiger partial charge on any atom is 0.417 e. The summed E-state index contributed by atoms with van der Waals surface area (Å²) in [6, 6.07) is 16.0. The summed E-state index contributed by atoms with van der Waals surface area (Å²) < 4.78 is 49.7. The van der Waals surface area contributed by atoms with Crippen LogP contribution in [0.15, 0.2) is 72.8 Å². The van der Waals surface area contributed by atoms with Gasteiger partial charge in [0.2, 0.25) is 0 Å². The van der Waals surface area contributed by atoms with Crippen LogP contribution in [0.4, 0.5) is 13.2 Å². The van der Waals surface area contributed by atoms with Gasteiger partial charge in [-0.3, -0.25) is 0 Å². The Balaban J connectivity index is 1.86. The molecule has 0 spiro atoms. The van der Waals surface area contributed by atoms with Crippen molar-refractivity contribution in [1.82, 2.24) is 0 Å². The number of carbonyl (C=O) groups excluding carboxylic acids is 2. The number of alkyl halides is 3. The molecular formula is C21H12ClF3O4. The Morgan fingerprint density at radius 2 is 1.14 bits per heavy atom. The lowest BCUT2D eigenvalue weighted by atomic mass is 10.1. The molecule has 8 heteroatoms. The second-order valence-corrected chi connectivity index (χ2v) is 6.16. The van der Waals surface area contributed by atoms with Gasteiger partial charge in [-0.15, -0.1) is 0 Å². The Kier molecular flexibility index (Phi) is 5.89. The van der Waals surface area contributed by atoms with Gasteiger partial charge >= 0.3 is 18.1 Å². The predicted molar refractivity (Wildman–Crippen MR) is 99.3 cm³/mol. The first kappa shape index (κ1) is 20.4. The SMILES string of the molecule is O=C(Oc1ccccc1OC(=O)c1ccccc1C(F)(F)F)c1ccccc1Cl. The van der Waals surface area contributed by atoms with Crippen LogP contribution in [0.3, 0.4) is 0 Å². The van der Waals surface area contributed by atoms with Gasteiger partial charge in [0.05, 0.1) is 21.7 Å². The standard InChI is InChI=1S/C21H12ClF3O4/c22-16-10-4-2-8-14(16)20(27)29-18-12-6-5-11-17(18)28-19(26)13-7-1-3-9-15(13)21(23,24)25/h1-12H. The molecule has 0 saturated heterocycles. The van der Waals surface area contributed by atoms with Crippen molar-refractivity contribution in [2.24, 2.45) is 0 Å². The van der Waals surface area contributed by atoms with Crippen LogP contribution in [0.25, 0.3) is 0 Å². The zero-order valence-corrected chi connectivity index (χ0v) is 15.3. The number of carbonyl (C=O) groups is 2. The van der Waals surface area contributed by atoms with E-state index in [4.69, 9.17) is 21.1 Å². The average Bonchev–Trinajstić information content (AvgIpc) is 2.69. The molecule has 0 atom stereocenters. The molecule has 0 aliphatic rings. The van der Waals surface area contributed by atoms with Gasteiger partial charge in [-0.05, 0) is 36.4 Å². The molecule has 0 amide bonds. The molecular weight excluding hydrogens is 409 g/mol. The van der Waals surface area contributed by atoms with Crippen molar-refractivity contribution in [2.75, 3.05) is 0 Å². The molecule has 4 nitrogen and oxygen atoms in total. The van der Waals surface area contributed by atoms with Crippen LogP contribution in [0.5, 0.6) is 11.5 Å². The molecule has 0 aliphatic carbocycles. The first-order valence-corrected chi connectivity index (χ1v) is 8.59. The van der Waals surface area contributed by atoms with Gasteiger partial charge in [-0.1, -0.05) is 48.0 Å². The highest BCUT2D eigenvalue weighted by Crippen LogP contribution is 2.34. The lowest BCUT2D eigenvalue weighted by molar-refractivity contribution is -0.138. The lowest BCUT2D eigenvalue weighted by Gasteiger charge is -2.14. The monoisotopic (exact) mass is 420 g/mol. The van der Waals surface area contributed by atoms with E-state index < -0.39 is 29.2 Å². The van der Waals surface area contributed by atoms with Gasteiger partial charge in [-0.2, -0.15) is 13.2 Å². The highest BCUT2D eigenvalue weighted by Gasteiger charge is 2.35. The van der Waals surface area contributed by atoms with Crippen molar-refractivity contribution in [2.45, 2.75) is 6.18 Å². The largest absolute Gasteiger partial charge is 0.419 e. The summed E-state index contributed by atoms with van der Waals surface area (Å²) in [6.07, 6.45) is -4.73. The van der Waals surface area contributed by atoms with Gasteiger partial charge < -0.3 is 9.47 Å². The zero-order chi connectivity index (χ0) is 21.0. The van der Waals surface area contributed by atoms with Crippen molar-refractivity contribution < 1.29 is 32.2 Å². The minimum absolute atomic E-state index is 0.0812. The van der Waals surface area contributed by atoms with E-state index in [-0.39, 0.29) is 22.1 Å². The number of hydrogen-bond acceptors (Lipinski definition) is 4. The van der Waals surface area contributed by atoms with E-state index in [2.05, 4.69) is 0 Å². The van der Waals surface area contributed by atoms with Crippen molar-refractivity contribution in [3.63, 3.8) is 0 Å². The molecule has 0 saturated carbocycles. The fourth-order valence-corrected chi connectivity index (χ4v) is 2.68. The van der Waals surface area contributed by atoms with Crippen molar-refractivity contribution in [1.29, 1.82) is 0 Å². The first-order chi connectivity index (χ1) is 13.8. The summed E-state index contributed by atoms with van der Waals surface area (Å²) in [5, 5.41) is 0.158. The molecule has 0 radical (unpaired) electrons. The Labute approximate surface area is 168 Å². The van der Waals surface area contributed by atoms with E-state index in [9.17, 15) is 22.8 Å². The summed E-state index contributed by atoms with van der Waals surface area (Å²) >= 11 is 5.96. The fourth-order valence-electron chi connectivity index (χ4n) is 2.46. The van der Waals surface area contributed by atoms with Crippen LogP contribution in [0, 0.1) is 0 Å². The van der Waals surface area contributed by atoms with Crippen LogP contribution in [-0.2, 0) is 6.18 Å². The van der Waals surface area contributed by atoms with Gasteiger partial charge in [0.25, 0.3) is 0 Å². The minimum Gasteiger partial charge on any atom is -0.419 e. The van der Waals surface area contributed by atoms with Crippen molar-refractivity contribution >= 4 is 23.5 Å². The maximum absolute atomic E-state index is 13.1. The quantitative estimate of drug-likeness (QED) is 0.395. The van der Waals surface area contributed by atoms with Gasteiger partial charge in [0.1, 0.15) is 0 Å². The third-order valence-corrected chi connectivity index (χ3v) is 4.13. The normalized spacial score (nSPS) is 11.0. The molecule has 0 aromatic heterocycles. The number of rotatable bonds is 4. The third-order valence-electron chi connectivity index (χ3n) is 3.80. The van der Waals surface area contributed by atoms with Gasteiger partial charge in [0, 0.05) is 0 Å². The second-order valence-electron chi connectivity index (χ2n) is 5.75. The van der Waals surface area contributed by atoms with E-state index >= 15 is 0 Å². The molecule has 0 fully saturated rings. The minimum atomic E-state index is -4.73. The Morgan fingerprint density at radius 3 is 1.69 bits per heavy atom. The average molecular weight is 421 g/mol. The lowest BCUT2D eigenvalue weighted by Crippen LogP contribution is -2.17. The molecule has 29 heavy (non-hydrogen) atoms. The predicted octanol–water partition coefficient (Wildman–Crippen LogP) is 5.80. The van der Waals surface area contributed by atoms with E-state index in [1.807, 2.05) is 0 Å². The zero-order valence-electron chi connectivity index (χ0n) is 14.6. The summed E-state index contributed by atoms with van der Waals surface area (Å²) in [5.74, 6) is -2.40. The Morgan fingerprint density at radius 1 is 0.690 bits per heavy atom. The number of ether oxygens (including phenoxy) is 2. The van der Waals surface area contributed by atoms with Crippen LogP contribution < -0.4 is 9.47 Å². The van der Waals surface area contributed by atoms with Crippen molar-refractivity contribution in [3.8, 4) is 11.5 Å². The van der Waals surface area contributed by atoms with E-state index in [1.54, 1.807) is 12.1 Å². The second kappa shape index (κ2) is 8.36. The van der Waals surface area contributed by atoms with E-state index in [1.165, 1.54) is 48.5 Å². The molecule has 3 rings (SSSR count). The van der Waals surface area contributed by atoms with Crippen LogP contribution in [-0.4, -0.2) is 11.9 Å². The molecule has 0 heterocycles. The number of para-hydroxylation sites is 2. The maximum atomic E-state index is 13.1. The molecule has 0 bridgehead atoms.